The molecular formula is C11H12O2. The highest BCUT2D eigenvalue weighted by Crippen LogP contribution is 2.18. The van der Waals surface area contributed by atoms with Crippen molar-refractivity contribution >= 4 is 0 Å². The Morgan fingerprint density at radius 2 is 2.08 bits per heavy atom. The Bertz CT molecular complexity index is 320. The molecule has 0 N–H and O–H groups in total. The van der Waals surface area contributed by atoms with Crippen LogP contribution in [0.1, 0.15) is 6.92 Å². The Morgan fingerprint density at radius 1 is 1.31 bits per heavy atom. The summed E-state index contributed by atoms with van der Waals surface area (Å²) in [5, 5.41) is 0. The van der Waals surface area contributed by atoms with Crippen molar-refractivity contribution in [2.45, 2.75) is 6.92 Å². The van der Waals surface area contributed by atoms with Crippen LogP contribution in [0.4, 0.5) is 0 Å². The van der Waals surface area contributed by atoms with E-state index < -0.39 is 0 Å². The van der Waals surface area contributed by atoms with E-state index >= 15 is 0 Å². The fourth-order valence-corrected chi connectivity index (χ4v) is 0.883. The van der Waals surface area contributed by atoms with Crippen LogP contribution >= 0.6 is 0 Å². The molecule has 0 radical (unpaired) electrons. The fourth-order valence-electron chi connectivity index (χ4n) is 0.883. The van der Waals surface area contributed by atoms with E-state index in [1.54, 1.807) is 14.0 Å². The predicted octanol–water partition coefficient (Wildman–Crippen LogP) is 2.10. The van der Waals surface area contributed by atoms with E-state index in [0.717, 1.165) is 11.5 Å². The summed E-state index contributed by atoms with van der Waals surface area (Å²) in [6.45, 7) is 2.21. The number of hydrogen-bond donors (Lipinski definition) is 0. The molecule has 0 bridgehead atoms. The zero-order valence-electron chi connectivity index (χ0n) is 7.83. The Morgan fingerprint density at radius 3 is 2.77 bits per heavy atom. The minimum absolute atomic E-state index is 0.420. The molecule has 0 aliphatic rings. The minimum atomic E-state index is 0.420. The Hall–Kier alpha value is -1.62. The predicted molar refractivity (Wildman–Crippen MR) is 51.9 cm³/mol. The lowest BCUT2D eigenvalue weighted by atomic mass is 10.3. The van der Waals surface area contributed by atoms with Crippen molar-refractivity contribution in [2.24, 2.45) is 0 Å². The molecule has 0 unspecified atom stereocenters. The summed E-state index contributed by atoms with van der Waals surface area (Å²) >= 11 is 0. The van der Waals surface area contributed by atoms with Crippen molar-refractivity contribution in [1.82, 2.24) is 0 Å². The first-order valence-corrected chi connectivity index (χ1v) is 4.03. The van der Waals surface area contributed by atoms with Gasteiger partial charge in [0.25, 0.3) is 0 Å². The van der Waals surface area contributed by atoms with Gasteiger partial charge in [-0.1, -0.05) is 12.0 Å². The largest absolute Gasteiger partial charge is 0.497 e. The third-order valence-corrected chi connectivity index (χ3v) is 1.53. The molecule has 13 heavy (non-hydrogen) atoms. The van der Waals surface area contributed by atoms with Crippen LogP contribution in [-0.4, -0.2) is 13.7 Å². The summed E-state index contributed by atoms with van der Waals surface area (Å²) in [6, 6.07) is 7.46. The van der Waals surface area contributed by atoms with Crippen molar-refractivity contribution < 1.29 is 9.47 Å². The first kappa shape index (κ1) is 9.47. The number of methoxy groups -OCH3 is 1. The van der Waals surface area contributed by atoms with E-state index in [0.29, 0.717) is 6.61 Å². The van der Waals surface area contributed by atoms with Gasteiger partial charge >= 0.3 is 0 Å². The van der Waals surface area contributed by atoms with Gasteiger partial charge in [-0.25, -0.2) is 0 Å². The van der Waals surface area contributed by atoms with Gasteiger partial charge in [0.05, 0.1) is 7.11 Å². The molecule has 0 saturated carbocycles. The molecule has 0 saturated heterocycles. The number of benzene rings is 1. The van der Waals surface area contributed by atoms with Gasteiger partial charge in [0.1, 0.15) is 18.1 Å². The maximum absolute atomic E-state index is 5.34. The highest BCUT2D eigenvalue weighted by atomic mass is 16.5. The van der Waals surface area contributed by atoms with Crippen LogP contribution in [-0.2, 0) is 0 Å². The Kier molecular flexibility index (Phi) is 3.72. The van der Waals surface area contributed by atoms with Gasteiger partial charge in [-0.15, -0.1) is 5.92 Å². The number of ether oxygens (including phenoxy) is 2. The minimum Gasteiger partial charge on any atom is -0.497 e. The zero-order valence-corrected chi connectivity index (χ0v) is 7.83. The van der Waals surface area contributed by atoms with Crippen molar-refractivity contribution in [3.63, 3.8) is 0 Å². The average Bonchev–Trinajstić information content (AvgIpc) is 2.19. The second-order valence-electron chi connectivity index (χ2n) is 2.39. The van der Waals surface area contributed by atoms with E-state index in [1.165, 1.54) is 0 Å². The number of rotatable bonds is 3. The highest BCUT2D eigenvalue weighted by Gasteiger charge is 1.94. The van der Waals surface area contributed by atoms with Crippen molar-refractivity contribution in [3.8, 4) is 23.3 Å². The molecule has 0 aliphatic carbocycles. The molecule has 0 fully saturated rings. The summed E-state index contributed by atoms with van der Waals surface area (Å²) in [5.74, 6) is 7.15. The van der Waals surface area contributed by atoms with Gasteiger partial charge in [-0.3, -0.25) is 0 Å². The molecule has 0 amide bonds. The van der Waals surface area contributed by atoms with Gasteiger partial charge in [0, 0.05) is 6.07 Å². The topological polar surface area (TPSA) is 18.5 Å². The average molecular weight is 176 g/mol. The molecule has 0 spiro atoms. The summed E-state index contributed by atoms with van der Waals surface area (Å²) < 4.78 is 10.4. The van der Waals surface area contributed by atoms with E-state index in [9.17, 15) is 0 Å². The van der Waals surface area contributed by atoms with Gasteiger partial charge < -0.3 is 9.47 Å². The lowest BCUT2D eigenvalue weighted by Crippen LogP contribution is -1.93. The second kappa shape index (κ2) is 5.10. The van der Waals surface area contributed by atoms with E-state index in [4.69, 9.17) is 9.47 Å². The van der Waals surface area contributed by atoms with Crippen LogP contribution in [0.15, 0.2) is 24.3 Å². The Labute approximate surface area is 78.5 Å². The monoisotopic (exact) mass is 176 g/mol. The van der Waals surface area contributed by atoms with Crippen LogP contribution in [0.5, 0.6) is 11.5 Å². The van der Waals surface area contributed by atoms with Crippen molar-refractivity contribution in [3.05, 3.63) is 24.3 Å². The van der Waals surface area contributed by atoms with Gasteiger partial charge in [-0.05, 0) is 19.1 Å². The molecule has 68 valence electrons. The molecule has 0 heterocycles. The van der Waals surface area contributed by atoms with Crippen LogP contribution in [0.2, 0.25) is 0 Å². The molecule has 0 aromatic heterocycles. The molecule has 0 aliphatic heterocycles. The highest BCUT2D eigenvalue weighted by molar-refractivity contribution is 5.33. The summed E-state index contributed by atoms with van der Waals surface area (Å²) in [6.07, 6.45) is 0. The van der Waals surface area contributed by atoms with Crippen LogP contribution in [0, 0.1) is 11.8 Å². The normalized spacial score (nSPS) is 8.46. The third-order valence-electron chi connectivity index (χ3n) is 1.53. The first-order valence-electron chi connectivity index (χ1n) is 4.03. The van der Waals surface area contributed by atoms with Crippen LogP contribution in [0.25, 0.3) is 0 Å². The molecule has 1 aromatic rings. The summed E-state index contributed by atoms with van der Waals surface area (Å²) in [7, 11) is 1.63. The van der Waals surface area contributed by atoms with E-state index in [1.807, 2.05) is 24.3 Å². The van der Waals surface area contributed by atoms with Crippen molar-refractivity contribution in [2.75, 3.05) is 13.7 Å². The molecule has 1 rings (SSSR count). The van der Waals surface area contributed by atoms with Crippen LogP contribution < -0.4 is 9.47 Å². The molecular weight excluding hydrogens is 164 g/mol. The standard InChI is InChI=1S/C11H12O2/c1-3-4-8-13-11-7-5-6-10(9-11)12-2/h5-7,9H,8H2,1-2H3. The van der Waals surface area contributed by atoms with E-state index in [2.05, 4.69) is 11.8 Å². The van der Waals surface area contributed by atoms with Gasteiger partial charge in [-0.2, -0.15) is 0 Å². The summed E-state index contributed by atoms with van der Waals surface area (Å²) in [4.78, 5) is 0. The first-order chi connectivity index (χ1) is 6.36. The fraction of sp³-hybridized carbons (Fsp3) is 0.273. The lowest BCUT2D eigenvalue weighted by Gasteiger charge is -2.03. The van der Waals surface area contributed by atoms with Crippen molar-refractivity contribution in [1.29, 1.82) is 0 Å². The third kappa shape index (κ3) is 3.08. The lowest BCUT2D eigenvalue weighted by molar-refractivity contribution is 0.363. The smallest absolute Gasteiger partial charge is 0.149 e. The maximum atomic E-state index is 5.34. The molecule has 2 nitrogen and oxygen atoms in total. The number of hydrogen-bond acceptors (Lipinski definition) is 2. The van der Waals surface area contributed by atoms with Gasteiger partial charge in [0.2, 0.25) is 0 Å². The molecule has 2 heteroatoms. The van der Waals surface area contributed by atoms with Gasteiger partial charge in [0.15, 0.2) is 0 Å². The quantitative estimate of drug-likeness (QED) is 0.656. The molecule has 1 aromatic carbocycles. The molecule has 0 atom stereocenters. The second-order valence-corrected chi connectivity index (χ2v) is 2.39. The SMILES string of the molecule is CC#CCOc1cccc(OC)c1. The maximum Gasteiger partial charge on any atom is 0.149 e. The van der Waals surface area contributed by atoms with E-state index in [-0.39, 0.29) is 0 Å². The summed E-state index contributed by atoms with van der Waals surface area (Å²) in [5.41, 5.74) is 0. The zero-order chi connectivity index (χ0) is 9.52. The Balaban J connectivity index is 2.59. The van der Waals surface area contributed by atoms with Crippen LogP contribution in [0.3, 0.4) is 0 Å².